The highest BCUT2D eigenvalue weighted by Gasteiger charge is 2.36. The normalized spacial score (nSPS) is 13.3. The number of ketones is 2. The van der Waals surface area contributed by atoms with Crippen LogP contribution >= 0.6 is 22.7 Å². The van der Waals surface area contributed by atoms with Crippen molar-refractivity contribution in [2.45, 2.75) is 0 Å². The molecule has 0 radical (unpaired) electrons. The molecule has 0 amide bonds. The third-order valence-electron chi connectivity index (χ3n) is 11.1. The first-order valence-corrected chi connectivity index (χ1v) is 19.3. The average molecular weight is 731 g/mol. The van der Waals surface area contributed by atoms with E-state index in [4.69, 9.17) is 8.83 Å². The summed E-state index contributed by atoms with van der Waals surface area (Å²) in [5, 5.41) is 9.99. The number of carbonyl (C=O) groups is 2. The van der Waals surface area contributed by atoms with Gasteiger partial charge < -0.3 is 8.83 Å². The molecule has 1 aliphatic carbocycles. The van der Waals surface area contributed by atoms with E-state index in [2.05, 4.69) is 69.8 Å². The number of hydrogen-bond acceptors (Lipinski definition) is 6. The van der Waals surface area contributed by atoms with Crippen molar-refractivity contribution in [3.8, 4) is 10.0 Å². The van der Waals surface area contributed by atoms with Crippen LogP contribution in [0.3, 0.4) is 0 Å². The monoisotopic (exact) mass is 730 g/mol. The molecule has 0 bridgehead atoms. The van der Waals surface area contributed by atoms with Crippen molar-refractivity contribution in [1.29, 1.82) is 0 Å². The molecule has 1 aliphatic rings. The summed E-state index contributed by atoms with van der Waals surface area (Å²) in [5.74, 6) is -0.273. The number of furan rings is 2. The Morgan fingerprint density at radius 1 is 0.407 bits per heavy atom. The van der Waals surface area contributed by atoms with E-state index in [1.54, 1.807) is 0 Å². The fourth-order valence-corrected chi connectivity index (χ4v) is 11.1. The minimum absolute atomic E-state index is 0.136. The standard InChI is InChI=1S/C46H22N2O4S2/c49-41-31-21-37(47-33-13-5-1-9-23(33)27-17-19-29-25-11-3-7-15-35(25)51-43(29)39(27)47)53-45(31)42(50)32-22-38(54-46(32)41)48-34-14-6-2-10-24(34)28-18-20-30-26-12-4-8-16-36(26)52-44(30)40(28)48/h1-22H. The van der Waals surface area contributed by atoms with Crippen LogP contribution in [0.1, 0.15) is 30.5 Å². The second-order valence-electron chi connectivity index (χ2n) is 13.9. The number of aromatic nitrogens is 2. The lowest BCUT2D eigenvalue weighted by Crippen LogP contribution is -2.15. The molecule has 0 atom stereocenters. The first-order chi connectivity index (χ1) is 26.6. The Morgan fingerprint density at radius 3 is 1.26 bits per heavy atom. The van der Waals surface area contributed by atoms with E-state index >= 15 is 0 Å². The zero-order chi connectivity index (χ0) is 35.4. The number of para-hydroxylation sites is 4. The molecule has 0 fully saturated rings. The third kappa shape index (κ3) is 3.50. The lowest BCUT2D eigenvalue weighted by atomic mass is 9.96. The highest BCUT2D eigenvalue weighted by molar-refractivity contribution is 7.19. The summed E-state index contributed by atoms with van der Waals surface area (Å²) in [6.45, 7) is 0. The molecule has 13 rings (SSSR count). The van der Waals surface area contributed by atoms with Crippen molar-refractivity contribution >= 4 is 122 Å². The number of fused-ring (bicyclic) bond motifs is 16. The maximum atomic E-state index is 14.5. The van der Waals surface area contributed by atoms with Crippen LogP contribution in [0.4, 0.5) is 0 Å². The zero-order valence-corrected chi connectivity index (χ0v) is 29.7. The topological polar surface area (TPSA) is 70.3 Å². The SMILES string of the molecule is O=C1c2cc(-n3c4ccccc4c4ccc5c6ccccc6oc5c43)sc2C(=O)c2cc(-n3c4ccccc4c4ccc5c6ccccc6oc5c43)sc21. The molecule has 12 aromatic rings. The highest BCUT2D eigenvalue weighted by Crippen LogP contribution is 2.46. The van der Waals surface area contributed by atoms with Gasteiger partial charge in [-0.05, 0) is 48.5 Å². The summed E-state index contributed by atoms with van der Waals surface area (Å²) >= 11 is 2.73. The molecule has 0 saturated heterocycles. The minimum Gasteiger partial charge on any atom is -0.454 e. The van der Waals surface area contributed by atoms with E-state index in [1.807, 2.05) is 72.8 Å². The molecular formula is C46H22N2O4S2. The molecule has 0 unspecified atom stereocenters. The Balaban J connectivity index is 1.02. The Hall–Kier alpha value is -6.74. The third-order valence-corrected chi connectivity index (χ3v) is 13.4. The molecule has 0 N–H and O–H groups in total. The molecule has 0 saturated carbocycles. The van der Waals surface area contributed by atoms with Crippen molar-refractivity contribution in [3.05, 3.63) is 154 Å². The smallest absolute Gasteiger partial charge is 0.205 e. The van der Waals surface area contributed by atoms with E-state index in [1.165, 1.54) is 22.7 Å². The van der Waals surface area contributed by atoms with Crippen molar-refractivity contribution in [3.63, 3.8) is 0 Å². The van der Waals surface area contributed by atoms with Crippen molar-refractivity contribution in [1.82, 2.24) is 9.13 Å². The summed E-state index contributed by atoms with van der Waals surface area (Å²) in [7, 11) is 0. The van der Waals surface area contributed by atoms with E-state index in [0.29, 0.717) is 20.9 Å². The first-order valence-electron chi connectivity index (χ1n) is 17.7. The average Bonchev–Trinajstić information content (AvgIpc) is 4.06. The van der Waals surface area contributed by atoms with Crippen LogP contribution in [0, 0.1) is 0 Å². The van der Waals surface area contributed by atoms with Crippen LogP contribution in [-0.4, -0.2) is 20.7 Å². The van der Waals surface area contributed by atoms with E-state index in [-0.39, 0.29) is 11.6 Å². The number of nitrogens with zero attached hydrogens (tertiary/aromatic N) is 2. The van der Waals surface area contributed by atoms with Crippen LogP contribution in [0.15, 0.2) is 142 Å². The summed E-state index contributed by atoms with van der Waals surface area (Å²) in [6, 6.07) is 45.0. The second-order valence-corrected chi connectivity index (χ2v) is 16.0. The summed E-state index contributed by atoms with van der Waals surface area (Å²) in [5.41, 5.74) is 7.88. The van der Waals surface area contributed by atoms with E-state index in [0.717, 1.165) is 97.5 Å². The summed E-state index contributed by atoms with van der Waals surface area (Å²) < 4.78 is 17.4. The molecule has 6 heterocycles. The lowest BCUT2D eigenvalue weighted by Gasteiger charge is -2.08. The van der Waals surface area contributed by atoms with Gasteiger partial charge in [0.15, 0.2) is 11.2 Å². The van der Waals surface area contributed by atoms with Crippen LogP contribution in [0.5, 0.6) is 0 Å². The molecule has 6 nitrogen and oxygen atoms in total. The van der Waals surface area contributed by atoms with Crippen molar-refractivity contribution < 1.29 is 18.4 Å². The number of rotatable bonds is 2. The Labute approximate surface area is 312 Å². The minimum atomic E-state index is -0.136. The van der Waals surface area contributed by atoms with Gasteiger partial charge in [-0.2, -0.15) is 0 Å². The predicted molar refractivity (Wildman–Crippen MR) is 219 cm³/mol. The first kappa shape index (κ1) is 28.8. The van der Waals surface area contributed by atoms with Gasteiger partial charge in [-0.1, -0.05) is 84.9 Å². The molecule has 6 aromatic heterocycles. The van der Waals surface area contributed by atoms with Gasteiger partial charge in [0.1, 0.15) is 21.2 Å². The maximum absolute atomic E-state index is 14.5. The molecule has 54 heavy (non-hydrogen) atoms. The number of hydrogen-bond donors (Lipinski definition) is 0. The van der Waals surface area contributed by atoms with E-state index in [9.17, 15) is 9.59 Å². The van der Waals surface area contributed by atoms with Gasteiger partial charge in [-0.25, -0.2) is 0 Å². The van der Waals surface area contributed by atoms with E-state index < -0.39 is 0 Å². The van der Waals surface area contributed by atoms with Gasteiger partial charge in [-0.3, -0.25) is 18.7 Å². The van der Waals surface area contributed by atoms with Crippen LogP contribution in [-0.2, 0) is 0 Å². The lowest BCUT2D eigenvalue weighted by molar-refractivity contribution is 0.0986. The van der Waals surface area contributed by atoms with Crippen molar-refractivity contribution in [2.24, 2.45) is 0 Å². The highest BCUT2D eigenvalue weighted by atomic mass is 32.1. The largest absolute Gasteiger partial charge is 0.454 e. The Bertz CT molecular complexity index is 3390. The van der Waals surface area contributed by atoms with Gasteiger partial charge in [0.05, 0.1) is 31.8 Å². The van der Waals surface area contributed by atoms with Crippen LogP contribution in [0.2, 0.25) is 0 Å². The van der Waals surface area contributed by atoms with Crippen LogP contribution in [0.25, 0.3) is 97.5 Å². The molecule has 6 aromatic carbocycles. The number of benzene rings is 6. The zero-order valence-electron chi connectivity index (χ0n) is 28.0. The number of thiophene rings is 2. The molecule has 8 heteroatoms. The Morgan fingerprint density at radius 2 is 0.796 bits per heavy atom. The fraction of sp³-hybridized carbons (Fsp3) is 0. The van der Waals surface area contributed by atoms with Gasteiger partial charge >= 0.3 is 0 Å². The summed E-state index contributed by atoms with van der Waals surface area (Å²) in [4.78, 5) is 30.0. The Kier molecular flexibility index (Phi) is 5.34. The molecular weight excluding hydrogens is 709 g/mol. The van der Waals surface area contributed by atoms with Gasteiger partial charge in [-0.15, -0.1) is 22.7 Å². The maximum Gasteiger partial charge on any atom is 0.205 e. The predicted octanol–water partition coefficient (Wildman–Crippen LogP) is 12.6. The summed E-state index contributed by atoms with van der Waals surface area (Å²) in [6.07, 6.45) is 0. The van der Waals surface area contributed by atoms with Gasteiger partial charge in [0.25, 0.3) is 0 Å². The second kappa shape index (κ2) is 10.0. The van der Waals surface area contributed by atoms with Gasteiger partial charge in [0.2, 0.25) is 11.6 Å². The molecule has 0 spiro atoms. The fourth-order valence-electron chi connectivity index (χ4n) is 8.82. The van der Waals surface area contributed by atoms with Crippen molar-refractivity contribution in [2.75, 3.05) is 0 Å². The quantitative estimate of drug-likeness (QED) is 0.178. The number of carbonyl (C=O) groups excluding carboxylic acids is 2. The van der Waals surface area contributed by atoms with Gasteiger partial charge in [0, 0.05) is 54.2 Å². The molecule has 252 valence electrons. The van der Waals surface area contributed by atoms with Crippen LogP contribution < -0.4 is 0 Å². The molecule has 0 aliphatic heterocycles.